The van der Waals surface area contributed by atoms with E-state index in [2.05, 4.69) is 52.9 Å². The second-order valence-corrected chi connectivity index (χ2v) is 7.53. The van der Waals surface area contributed by atoms with Crippen molar-refractivity contribution in [1.29, 1.82) is 0 Å². The van der Waals surface area contributed by atoms with E-state index in [0.29, 0.717) is 0 Å². The Morgan fingerprint density at radius 3 is 1.28 bits per heavy atom. The van der Waals surface area contributed by atoms with Crippen molar-refractivity contribution >= 4 is 13.3 Å². The van der Waals surface area contributed by atoms with Crippen LogP contribution in [0.5, 0.6) is 0 Å². The van der Waals surface area contributed by atoms with Gasteiger partial charge in [-0.2, -0.15) is 0 Å². The van der Waals surface area contributed by atoms with Gasteiger partial charge in [-0.25, -0.2) is 0 Å². The van der Waals surface area contributed by atoms with Gasteiger partial charge in [0.15, 0.2) is 0 Å². The smallest absolute Gasteiger partial charge is 0.0267 e. The zero-order valence-electron chi connectivity index (χ0n) is 13.2. The molecule has 0 unspecified atom stereocenters. The minimum atomic E-state index is -0.427. The van der Waals surface area contributed by atoms with Crippen LogP contribution in [0, 0.1) is 17.5 Å². The molecule has 0 radical (unpaired) electrons. The van der Waals surface area contributed by atoms with Crippen molar-refractivity contribution in [2.45, 2.75) is 0 Å². The van der Waals surface area contributed by atoms with E-state index in [9.17, 15) is 0 Å². The summed E-state index contributed by atoms with van der Waals surface area (Å²) in [5.41, 5.74) is 1.22. The van der Waals surface area contributed by atoms with Gasteiger partial charge in [0, 0.05) is 24.8 Å². The van der Waals surface area contributed by atoms with Gasteiger partial charge in [-0.05, 0) is 24.3 Å². The predicted octanol–water partition coefficient (Wildman–Crippen LogP) is 4.47. The van der Waals surface area contributed by atoms with E-state index >= 15 is 0 Å². The molecule has 0 aliphatic carbocycles. The van der Waals surface area contributed by atoms with Gasteiger partial charge in [0.05, 0.1) is 0 Å². The third kappa shape index (κ3) is 19.9. The number of halogens is 1. The minimum Gasteiger partial charge on any atom is -0.265 e. The molecule has 0 spiro atoms. The van der Waals surface area contributed by atoms with Crippen molar-refractivity contribution < 1.29 is 25.2 Å². The van der Waals surface area contributed by atoms with Crippen LogP contribution in [-0.4, -0.2) is 9.97 Å². The van der Waals surface area contributed by atoms with Gasteiger partial charge in [-0.3, -0.25) is 9.97 Å². The van der Waals surface area contributed by atoms with E-state index in [1.165, 1.54) is 5.56 Å². The van der Waals surface area contributed by atoms with Crippen LogP contribution in [0.4, 0.5) is 0 Å². The standard InChI is InChI=1S/C7H5.2C5H5N.2CO.BrH.W/c1-7-5-3-2-4-6-7;2*1-2-4-6-5-3-1;2*1-2;;/h2-6H;2*1-5H;;;1H;/q;;;;;;+1/p-1. The summed E-state index contributed by atoms with van der Waals surface area (Å²) in [7, 11) is 0. The Labute approximate surface area is 162 Å². The van der Waals surface area contributed by atoms with Crippen LogP contribution in [-0.2, 0) is 25.2 Å². The van der Waals surface area contributed by atoms with Gasteiger partial charge < -0.3 is 0 Å². The number of aromatic nitrogens is 2. The van der Waals surface area contributed by atoms with E-state index < -0.39 is 15.8 Å². The monoisotopic (exact) mass is 566 g/mol. The van der Waals surface area contributed by atoms with Gasteiger partial charge in [-0.1, -0.05) is 12.1 Å². The molecule has 1 aromatic carbocycles. The van der Waals surface area contributed by atoms with Gasteiger partial charge >= 0.3 is 91.8 Å². The van der Waals surface area contributed by atoms with Crippen LogP contribution in [0.15, 0.2) is 91.5 Å². The second-order valence-electron chi connectivity index (χ2n) is 3.59. The van der Waals surface area contributed by atoms with E-state index in [0.717, 1.165) is 0 Å². The summed E-state index contributed by atoms with van der Waals surface area (Å²) in [5, 5.41) is 0. The Morgan fingerprint density at radius 1 is 0.680 bits per heavy atom. The maximum atomic E-state index is 7.50. The molecule has 0 aliphatic rings. The summed E-state index contributed by atoms with van der Waals surface area (Å²) in [6.45, 7) is 9.00. The quantitative estimate of drug-likeness (QED) is 0.298. The Hall–Kier alpha value is -2.05. The molecule has 126 valence electrons. The molecule has 0 bridgehead atoms. The summed E-state index contributed by atoms with van der Waals surface area (Å²) in [4.78, 5) is 7.57. The van der Waals surface area contributed by atoms with Crippen LogP contribution in [0.2, 0.25) is 0 Å². The molecule has 3 rings (SSSR count). The van der Waals surface area contributed by atoms with Gasteiger partial charge in [0.25, 0.3) is 0 Å². The summed E-state index contributed by atoms with van der Waals surface area (Å²) >= 11 is 3.01. The molecule has 0 aliphatic heterocycles. The number of hydrogen-bond acceptors (Lipinski definition) is 2. The molecular weight excluding hydrogens is 552 g/mol. The maximum Gasteiger partial charge on any atom is 0.0267 e. The van der Waals surface area contributed by atoms with Crippen molar-refractivity contribution in [1.82, 2.24) is 9.97 Å². The molecular formula is C19H15BrN2O2W. The number of rotatable bonds is 0. The largest absolute Gasteiger partial charge is 0.265 e. The first-order chi connectivity index (χ1) is 12.4. The normalized spacial score (nSPS) is 6.92. The Kier molecular flexibility index (Phi) is 24.4. The first-order valence-electron chi connectivity index (χ1n) is 6.63. The molecule has 0 N–H and O–H groups in total. The van der Waals surface area contributed by atoms with Crippen LogP contribution < -0.4 is 0 Å². The number of benzene rings is 1. The van der Waals surface area contributed by atoms with E-state index in [-0.39, 0.29) is 0 Å². The molecule has 0 atom stereocenters. The molecule has 2 heterocycles. The van der Waals surface area contributed by atoms with Crippen LogP contribution in [0.3, 0.4) is 0 Å². The molecule has 0 saturated carbocycles. The predicted molar refractivity (Wildman–Crippen MR) is 94.7 cm³/mol. The summed E-state index contributed by atoms with van der Waals surface area (Å²) in [5.74, 6) is 0. The Balaban J connectivity index is 0. The number of pyridine rings is 2. The third-order valence-corrected chi connectivity index (χ3v) is 4.51. The fourth-order valence-corrected chi connectivity index (χ4v) is 3.51. The van der Waals surface area contributed by atoms with Crippen molar-refractivity contribution in [2.75, 3.05) is 0 Å². The Morgan fingerprint density at radius 2 is 1.04 bits per heavy atom. The Bertz CT molecular complexity index is 621. The summed E-state index contributed by atoms with van der Waals surface area (Å²) in [6, 6.07) is 21.7. The van der Waals surface area contributed by atoms with E-state index in [1.807, 2.05) is 54.6 Å². The summed E-state index contributed by atoms with van der Waals surface area (Å²) < 4.78 is 18.3. The molecule has 0 amide bonds. The molecule has 0 saturated heterocycles. The van der Waals surface area contributed by atoms with Gasteiger partial charge in [0.2, 0.25) is 0 Å². The molecule has 25 heavy (non-hydrogen) atoms. The topological polar surface area (TPSA) is 65.6 Å². The molecule has 6 heteroatoms. The zero-order chi connectivity index (χ0) is 19.0. The molecule has 0 fully saturated rings. The minimum absolute atomic E-state index is 0.427. The van der Waals surface area contributed by atoms with Crippen LogP contribution in [0.25, 0.3) is 0 Å². The average molecular weight is 567 g/mol. The fourth-order valence-electron chi connectivity index (χ4n) is 1.18. The molecule has 2 aromatic heterocycles. The van der Waals surface area contributed by atoms with Gasteiger partial charge in [0.1, 0.15) is 0 Å². The van der Waals surface area contributed by atoms with Crippen molar-refractivity contribution in [3.63, 3.8) is 0 Å². The van der Waals surface area contributed by atoms with Crippen molar-refractivity contribution in [3.8, 4) is 4.20 Å². The van der Waals surface area contributed by atoms with E-state index in [4.69, 9.17) is 9.30 Å². The van der Waals surface area contributed by atoms with Crippen molar-refractivity contribution in [2.24, 2.45) is 0 Å². The fraction of sp³-hybridized carbons (Fsp3) is 0. The van der Waals surface area contributed by atoms with Gasteiger partial charge in [-0.15, -0.1) is 0 Å². The second kappa shape index (κ2) is 24.2. The zero-order valence-corrected chi connectivity index (χ0v) is 17.7. The first kappa shape index (κ1) is 25.2. The number of hydrogen-bond donors (Lipinski definition) is 0. The van der Waals surface area contributed by atoms with E-state index in [1.54, 1.807) is 24.8 Å². The van der Waals surface area contributed by atoms with Crippen molar-refractivity contribution in [3.05, 3.63) is 110 Å². The average Bonchev–Trinajstić information content (AvgIpc) is 2.75. The first-order valence-corrected chi connectivity index (χ1v) is 14.5. The third-order valence-electron chi connectivity index (χ3n) is 2.06. The van der Waals surface area contributed by atoms with Crippen LogP contribution >= 0.6 is 13.3 Å². The SMILES string of the molecule is [Br][W]#[C]c1ccccc1.[C-]#[O+].[C-]#[O+].c1ccncc1.c1ccncc1. The maximum absolute atomic E-state index is 7.50. The summed E-state index contributed by atoms with van der Waals surface area (Å²) in [6.07, 6.45) is 7.00. The molecule has 4 nitrogen and oxygen atoms in total. The number of nitrogens with zero attached hydrogens (tertiary/aromatic N) is 2. The molecule has 3 aromatic rings. The van der Waals surface area contributed by atoms with Crippen LogP contribution in [0.1, 0.15) is 5.56 Å².